The van der Waals surface area contributed by atoms with Gasteiger partial charge in [0.2, 0.25) is 0 Å². The molecule has 120 valence electrons. The zero-order chi connectivity index (χ0) is 16.2. The molecule has 23 heavy (non-hydrogen) atoms. The zero-order valence-corrected chi connectivity index (χ0v) is 14.6. The minimum absolute atomic E-state index is 0.0804. The maximum atomic E-state index is 12.4. The van der Waals surface area contributed by atoms with Crippen molar-refractivity contribution in [2.45, 2.75) is 13.3 Å². The molecule has 2 heterocycles. The Labute approximate surface area is 143 Å². The molecule has 0 aliphatic carbocycles. The molecule has 0 fully saturated rings. The second-order valence-electron chi connectivity index (χ2n) is 5.53. The molecule has 0 radical (unpaired) electrons. The van der Waals surface area contributed by atoms with Gasteiger partial charge >= 0.3 is 0 Å². The van der Waals surface area contributed by atoms with E-state index in [0.717, 1.165) is 35.4 Å². The Morgan fingerprint density at radius 2 is 2.35 bits per heavy atom. The molecule has 1 aromatic carbocycles. The van der Waals surface area contributed by atoms with Gasteiger partial charge in [0.05, 0.1) is 23.1 Å². The largest absolute Gasteiger partial charge is 0.348 e. The quantitative estimate of drug-likeness (QED) is 0.808. The summed E-state index contributed by atoms with van der Waals surface area (Å²) in [6.45, 7) is 4.36. The molecule has 0 saturated heterocycles. The number of aromatic nitrogens is 2. The summed E-state index contributed by atoms with van der Waals surface area (Å²) in [5.74, 6) is -0.0804. The van der Waals surface area contributed by atoms with Crippen LogP contribution in [0.4, 0.5) is 0 Å². The first-order chi connectivity index (χ1) is 11.1. The van der Waals surface area contributed by atoms with E-state index in [1.165, 1.54) is 5.57 Å². The van der Waals surface area contributed by atoms with Crippen LogP contribution in [-0.2, 0) is 0 Å². The average molecular weight is 375 g/mol. The number of carbonyl (C=O) groups excluding carboxylic acids is 1. The van der Waals surface area contributed by atoms with E-state index >= 15 is 0 Å². The van der Waals surface area contributed by atoms with E-state index in [9.17, 15) is 4.79 Å². The van der Waals surface area contributed by atoms with Crippen molar-refractivity contribution in [2.24, 2.45) is 0 Å². The van der Waals surface area contributed by atoms with Gasteiger partial charge in [0.15, 0.2) is 0 Å². The van der Waals surface area contributed by atoms with Crippen molar-refractivity contribution in [1.82, 2.24) is 20.4 Å². The first kappa shape index (κ1) is 16.0. The van der Waals surface area contributed by atoms with Crippen molar-refractivity contribution in [3.8, 4) is 5.69 Å². The number of hydrogen-bond donors (Lipinski definition) is 2. The molecule has 2 N–H and O–H groups in total. The van der Waals surface area contributed by atoms with Gasteiger partial charge in [0.25, 0.3) is 5.91 Å². The van der Waals surface area contributed by atoms with Gasteiger partial charge in [0, 0.05) is 17.6 Å². The maximum Gasteiger partial charge on any atom is 0.255 e. The van der Waals surface area contributed by atoms with Crippen LogP contribution in [0.25, 0.3) is 5.69 Å². The van der Waals surface area contributed by atoms with Crippen molar-refractivity contribution < 1.29 is 4.79 Å². The Morgan fingerprint density at radius 1 is 1.48 bits per heavy atom. The highest BCUT2D eigenvalue weighted by Gasteiger charge is 2.15. The highest BCUT2D eigenvalue weighted by Crippen LogP contribution is 2.18. The normalized spacial score (nSPS) is 14.4. The first-order valence-electron chi connectivity index (χ1n) is 7.62. The highest BCUT2D eigenvalue weighted by molar-refractivity contribution is 9.10. The van der Waals surface area contributed by atoms with Crippen LogP contribution in [0.1, 0.15) is 22.5 Å². The molecular weight excluding hydrogens is 356 g/mol. The molecule has 0 unspecified atom stereocenters. The van der Waals surface area contributed by atoms with E-state index in [1.807, 2.05) is 31.2 Å². The third kappa shape index (κ3) is 3.71. The topological polar surface area (TPSA) is 59.0 Å². The third-order valence-corrected chi connectivity index (χ3v) is 4.43. The number of halogens is 1. The Bertz CT molecular complexity index is 751. The van der Waals surface area contributed by atoms with Crippen LogP contribution in [0.15, 0.2) is 46.6 Å². The number of amides is 1. The number of benzene rings is 1. The molecule has 1 aliphatic heterocycles. The van der Waals surface area contributed by atoms with Gasteiger partial charge in [-0.3, -0.25) is 4.79 Å². The van der Waals surface area contributed by atoms with Crippen molar-refractivity contribution >= 4 is 21.8 Å². The Morgan fingerprint density at radius 3 is 3.09 bits per heavy atom. The predicted octanol–water partition coefficient (Wildman–Crippen LogP) is 2.59. The number of nitrogens with zero attached hydrogens (tertiary/aromatic N) is 2. The van der Waals surface area contributed by atoms with Crippen molar-refractivity contribution in [3.05, 3.63) is 57.8 Å². The summed E-state index contributed by atoms with van der Waals surface area (Å²) in [5, 5.41) is 10.6. The molecule has 0 bridgehead atoms. The molecular formula is C17H19BrN4O. The van der Waals surface area contributed by atoms with Gasteiger partial charge in [0.1, 0.15) is 0 Å². The molecule has 6 heteroatoms. The third-order valence-electron chi connectivity index (χ3n) is 3.94. The van der Waals surface area contributed by atoms with E-state index < -0.39 is 0 Å². The molecule has 3 rings (SSSR count). The van der Waals surface area contributed by atoms with E-state index in [0.29, 0.717) is 12.1 Å². The van der Waals surface area contributed by atoms with Crippen LogP contribution in [0, 0.1) is 6.92 Å². The monoisotopic (exact) mass is 374 g/mol. The maximum absolute atomic E-state index is 12.4. The fourth-order valence-corrected chi connectivity index (χ4v) is 3.01. The minimum Gasteiger partial charge on any atom is -0.348 e. The lowest BCUT2D eigenvalue weighted by Gasteiger charge is -2.14. The number of nitrogens with one attached hydrogen (secondary N) is 2. The van der Waals surface area contributed by atoms with Gasteiger partial charge in [-0.25, -0.2) is 4.68 Å². The molecule has 1 aromatic heterocycles. The van der Waals surface area contributed by atoms with Crippen LogP contribution in [-0.4, -0.2) is 35.3 Å². The average Bonchev–Trinajstić information content (AvgIpc) is 2.95. The highest BCUT2D eigenvalue weighted by atomic mass is 79.9. The van der Waals surface area contributed by atoms with E-state index in [4.69, 9.17) is 0 Å². The number of rotatable bonds is 4. The van der Waals surface area contributed by atoms with E-state index in [-0.39, 0.29) is 5.91 Å². The molecule has 0 spiro atoms. The van der Waals surface area contributed by atoms with Crippen LogP contribution < -0.4 is 10.6 Å². The van der Waals surface area contributed by atoms with Gasteiger partial charge in [-0.1, -0.05) is 33.6 Å². The van der Waals surface area contributed by atoms with Crippen LogP contribution in [0.3, 0.4) is 0 Å². The SMILES string of the molecule is Cc1c(C(=O)NCC2=CCNCC2)cnn1-c1cccc(Br)c1. The summed E-state index contributed by atoms with van der Waals surface area (Å²) < 4.78 is 2.76. The molecule has 0 atom stereocenters. The lowest BCUT2D eigenvalue weighted by molar-refractivity contribution is 0.0956. The van der Waals surface area contributed by atoms with Gasteiger partial charge in [-0.15, -0.1) is 0 Å². The van der Waals surface area contributed by atoms with Gasteiger partial charge in [-0.2, -0.15) is 5.10 Å². The zero-order valence-electron chi connectivity index (χ0n) is 13.0. The summed E-state index contributed by atoms with van der Waals surface area (Å²) in [6.07, 6.45) is 4.75. The fraction of sp³-hybridized carbons (Fsp3) is 0.294. The summed E-state index contributed by atoms with van der Waals surface area (Å²) >= 11 is 3.46. The van der Waals surface area contributed by atoms with Crippen LogP contribution >= 0.6 is 15.9 Å². The summed E-state index contributed by atoms with van der Waals surface area (Å²) in [6, 6.07) is 7.85. The summed E-state index contributed by atoms with van der Waals surface area (Å²) in [4.78, 5) is 12.4. The molecule has 0 saturated carbocycles. The van der Waals surface area contributed by atoms with Gasteiger partial charge in [-0.05, 0) is 38.1 Å². The fourth-order valence-electron chi connectivity index (χ4n) is 2.62. The van der Waals surface area contributed by atoms with E-state index in [2.05, 4.69) is 37.7 Å². The van der Waals surface area contributed by atoms with Gasteiger partial charge < -0.3 is 10.6 Å². The lowest BCUT2D eigenvalue weighted by Crippen LogP contribution is -2.29. The van der Waals surface area contributed by atoms with E-state index in [1.54, 1.807) is 10.9 Å². The molecule has 1 amide bonds. The first-order valence-corrected chi connectivity index (χ1v) is 8.42. The standard InChI is InChI=1S/C17H19BrN4O/c1-12-16(17(23)20-10-13-5-7-19-8-6-13)11-21-22(12)15-4-2-3-14(18)9-15/h2-5,9,11,19H,6-8,10H2,1H3,(H,20,23). The molecule has 1 aliphatic rings. The smallest absolute Gasteiger partial charge is 0.255 e. The van der Waals surface area contributed by atoms with Crippen molar-refractivity contribution in [2.75, 3.05) is 19.6 Å². The number of carbonyl (C=O) groups is 1. The Balaban J connectivity index is 1.73. The lowest BCUT2D eigenvalue weighted by atomic mass is 10.1. The Kier molecular flexibility index (Phi) is 4.93. The van der Waals surface area contributed by atoms with Crippen LogP contribution in [0.5, 0.6) is 0 Å². The predicted molar refractivity (Wildman–Crippen MR) is 93.9 cm³/mol. The minimum atomic E-state index is -0.0804. The summed E-state index contributed by atoms with van der Waals surface area (Å²) in [7, 11) is 0. The van der Waals surface area contributed by atoms with Crippen molar-refractivity contribution in [1.29, 1.82) is 0 Å². The second-order valence-corrected chi connectivity index (χ2v) is 6.45. The van der Waals surface area contributed by atoms with Crippen molar-refractivity contribution in [3.63, 3.8) is 0 Å². The Hall–Kier alpha value is -1.92. The molecule has 5 nitrogen and oxygen atoms in total. The summed E-state index contributed by atoms with van der Waals surface area (Å²) in [5.41, 5.74) is 3.64. The van der Waals surface area contributed by atoms with Crippen LogP contribution in [0.2, 0.25) is 0 Å². The molecule has 2 aromatic rings. The second kappa shape index (κ2) is 7.10. The number of hydrogen-bond acceptors (Lipinski definition) is 3.